The Morgan fingerprint density at radius 1 is 1.23 bits per heavy atom. The maximum Gasteiger partial charge on any atom is 0.214 e. The number of ketones is 1. The van der Waals surface area contributed by atoms with Crippen molar-refractivity contribution in [2.45, 2.75) is 27.3 Å². The van der Waals surface area contributed by atoms with Crippen molar-refractivity contribution < 1.29 is 4.79 Å². The highest BCUT2D eigenvalue weighted by Gasteiger charge is 2.15. The summed E-state index contributed by atoms with van der Waals surface area (Å²) in [6, 6.07) is 7.91. The van der Waals surface area contributed by atoms with E-state index < -0.39 is 0 Å². The van der Waals surface area contributed by atoms with Gasteiger partial charge in [-0.05, 0) is 48.6 Å². The van der Waals surface area contributed by atoms with Crippen LogP contribution in [-0.2, 0) is 6.54 Å². The second kappa shape index (κ2) is 5.81. The predicted molar refractivity (Wildman–Crippen MR) is 86.1 cm³/mol. The number of aryl methyl sites for hydroxylation is 3. The molecule has 3 aromatic rings. The van der Waals surface area contributed by atoms with Crippen LogP contribution >= 0.6 is 11.3 Å². The number of Topliss-reactive ketones (excluding diaryl/α,β-unsaturated/α-hetero) is 1. The Hall–Kier alpha value is -2.34. The van der Waals surface area contributed by atoms with Crippen LogP contribution in [0.5, 0.6) is 0 Å². The van der Waals surface area contributed by atoms with Gasteiger partial charge in [-0.3, -0.25) is 4.79 Å². The molecular weight excluding hydrogens is 296 g/mol. The van der Waals surface area contributed by atoms with Crippen LogP contribution in [-0.4, -0.2) is 26.0 Å². The minimum atomic E-state index is 0.00475. The van der Waals surface area contributed by atoms with Gasteiger partial charge in [0, 0.05) is 5.56 Å². The van der Waals surface area contributed by atoms with E-state index in [1.54, 1.807) is 11.3 Å². The standard InChI is InChI=1S/C16H16N4OS/c1-10-7-11(2)15(12(3)8-10)13(21)9-20-18-16(17-19-20)14-5-4-6-22-14/h4-8H,9H2,1-3H3. The van der Waals surface area contributed by atoms with Gasteiger partial charge < -0.3 is 0 Å². The summed E-state index contributed by atoms with van der Waals surface area (Å²) in [7, 11) is 0. The molecule has 6 heteroatoms. The first-order valence-corrected chi connectivity index (χ1v) is 7.85. The number of rotatable bonds is 4. The van der Waals surface area contributed by atoms with Crippen LogP contribution in [0.15, 0.2) is 29.6 Å². The third kappa shape index (κ3) is 2.82. The van der Waals surface area contributed by atoms with Crippen molar-refractivity contribution in [3.8, 4) is 10.7 Å². The van der Waals surface area contributed by atoms with Crippen molar-refractivity contribution in [1.82, 2.24) is 20.2 Å². The molecule has 0 fully saturated rings. The molecular formula is C16H16N4OS. The first kappa shape index (κ1) is 14.6. The number of aromatic nitrogens is 4. The van der Waals surface area contributed by atoms with E-state index in [9.17, 15) is 4.79 Å². The van der Waals surface area contributed by atoms with E-state index >= 15 is 0 Å². The minimum absolute atomic E-state index is 0.00475. The van der Waals surface area contributed by atoms with Crippen molar-refractivity contribution in [2.75, 3.05) is 0 Å². The van der Waals surface area contributed by atoms with Crippen LogP contribution in [0.4, 0.5) is 0 Å². The Balaban J connectivity index is 1.83. The monoisotopic (exact) mass is 312 g/mol. The Morgan fingerprint density at radius 3 is 2.59 bits per heavy atom. The van der Waals surface area contributed by atoms with Crippen molar-refractivity contribution >= 4 is 17.1 Å². The number of carbonyl (C=O) groups is 1. The molecule has 0 aliphatic heterocycles. The Bertz CT molecular complexity index is 798. The van der Waals surface area contributed by atoms with E-state index in [-0.39, 0.29) is 12.3 Å². The highest BCUT2D eigenvalue weighted by atomic mass is 32.1. The van der Waals surface area contributed by atoms with E-state index in [0.717, 1.165) is 27.1 Å². The van der Waals surface area contributed by atoms with Gasteiger partial charge in [0.15, 0.2) is 5.78 Å². The lowest BCUT2D eigenvalue weighted by atomic mass is 9.97. The summed E-state index contributed by atoms with van der Waals surface area (Å²) in [6.07, 6.45) is 0. The van der Waals surface area contributed by atoms with Gasteiger partial charge in [-0.1, -0.05) is 23.8 Å². The molecule has 1 aromatic carbocycles. The summed E-state index contributed by atoms with van der Waals surface area (Å²) < 4.78 is 0. The quantitative estimate of drug-likeness (QED) is 0.694. The van der Waals surface area contributed by atoms with Gasteiger partial charge in [0.25, 0.3) is 0 Å². The van der Waals surface area contributed by atoms with Gasteiger partial charge in [0.05, 0.1) is 4.88 Å². The molecule has 2 aromatic heterocycles. The van der Waals surface area contributed by atoms with E-state index in [1.165, 1.54) is 4.80 Å². The molecule has 0 saturated heterocycles. The highest BCUT2D eigenvalue weighted by molar-refractivity contribution is 7.13. The predicted octanol–water partition coefficient (Wildman–Crippen LogP) is 3.21. The van der Waals surface area contributed by atoms with Crippen LogP contribution in [0.25, 0.3) is 10.7 Å². The third-order valence-electron chi connectivity index (χ3n) is 3.44. The maximum absolute atomic E-state index is 12.5. The molecule has 112 valence electrons. The van der Waals surface area contributed by atoms with Gasteiger partial charge >= 0.3 is 0 Å². The van der Waals surface area contributed by atoms with Crippen LogP contribution in [0.3, 0.4) is 0 Å². The van der Waals surface area contributed by atoms with Crippen LogP contribution in [0, 0.1) is 20.8 Å². The molecule has 0 saturated carbocycles. The Labute approximate surface area is 132 Å². The first-order valence-electron chi connectivity index (χ1n) is 6.97. The number of tetrazole rings is 1. The number of hydrogen-bond acceptors (Lipinski definition) is 5. The lowest BCUT2D eigenvalue weighted by molar-refractivity contribution is 0.0960. The zero-order chi connectivity index (χ0) is 15.7. The van der Waals surface area contributed by atoms with Crippen molar-refractivity contribution in [2.24, 2.45) is 0 Å². The summed E-state index contributed by atoms with van der Waals surface area (Å²) in [5, 5.41) is 14.2. The lowest BCUT2D eigenvalue weighted by Crippen LogP contribution is -2.15. The average molecular weight is 312 g/mol. The molecule has 0 bridgehead atoms. The van der Waals surface area contributed by atoms with Crippen LogP contribution in [0.2, 0.25) is 0 Å². The molecule has 0 amide bonds. The fourth-order valence-corrected chi connectivity index (χ4v) is 3.29. The van der Waals surface area contributed by atoms with E-state index in [4.69, 9.17) is 0 Å². The first-order chi connectivity index (χ1) is 10.5. The smallest absolute Gasteiger partial charge is 0.214 e. The highest BCUT2D eigenvalue weighted by Crippen LogP contribution is 2.20. The van der Waals surface area contributed by atoms with Crippen molar-refractivity contribution in [1.29, 1.82) is 0 Å². The van der Waals surface area contributed by atoms with Gasteiger partial charge in [-0.15, -0.1) is 21.5 Å². The SMILES string of the molecule is Cc1cc(C)c(C(=O)Cn2nnc(-c3cccs3)n2)c(C)c1. The normalized spacial score (nSPS) is 10.9. The van der Waals surface area contributed by atoms with Crippen LogP contribution < -0.4 is 0 Å². The van der Waals surface area contributed by atoms with E-state index in [2.05, 4.69) is 15.4 Å². The molecule has 22 heavy (non-hydrogen) atoms. The topological polar surface area (TPSA) is 60.7 Å². The van der Waals surface area contributed by atoms with Gasteiger partial charge in [0.1, 0.15) is 6.54 Å². The second-order valence-corrected chi connectivity index (χ2v) is 6.27. The minimum Gasteiger partial charge on any atom is -0.292 e. The van der Waals surface area contributed by atoms with E-state index in [0.29, 0.717) is 5.82 Å². The summed E-state index contributed by atoms with van der Waals surface area (Å²) in [4.78, 5) is 14.8. The summed E-state index contributed by atoms with van der Waals surface area (Å²) >= 11 is 1.55. The number of nitrogens with zero attached hydrogens (tertiary/aromatic N) is 4. The molecule has 0 spiro atoms. The fraction of sp³-hybridized carbons (Fsp3) is 0.250. The summed E-state index contributed by atoms with van der Waals surface area (Å²) in [6.45, 7) is 6.04. The number of benzene rings is 1. The molecule has 0 aliphatic rings. The number of hydrogen-bond donors (Lipinski definition) is 0. The maximum atomic E-state index is 12.5. The van der Waals surface area contributed by atoms with E-state index in [1.807, 2.05) is 50.4 Å². The molecule has 0 N–H and O–H groups in total. The molecule has 2 heterocycles. The van der Waals surface area contributed by atoms with Crippen molar-refractivity contribution in [3.63, 3.8) is 0 Å². The average Bonchev–Trinajstić information content (AvgIpc) is 3.07. The molecule has 3 rings (SSSR count). The lowest BCUT2D eigenvalue weighted by Gasteiger charge is -2.09. The largest absolute Gasteiger partial charge is 0.292 e. The summed E-state index contributed by atoms with van der Waals surface area (Å²) in [5.74, 6) is 0.560. The Morgan fingerprint density at radius 2 is 1.95 bits per heavy atom. The van der Waals surface area contributed by atoms with Gasteiger partial charge in [0.2, 0.25) is 5.82 Å². The molecule has 5 nitrogen and oxygen atoms in total. The van der Waals surface area contributed by atoms with Crippen molar-refractivity contribution in [3.05, 3.63) is 51.9 Å². The fourth-order valence-electron chi connectivity index (χ4n) is 2.64. The summed E-state index contributed by atoms with van der Waals surface area (Å²) in [5.41, 5.74) is 3.88. The molecule has 0 aliphatic carbocycles. The Kier molecular flexibility index (Phi) is 3.85. The molecule has 0 atom stereocenters. The van der Waals surface area contributed by atoms with Crippen LogP contribution in [0.1, 0.15) is 27.0 Å². The number of carbonyl (C=O) groups excluding carboxylic acids is 1. The van der Waals surface area contributed by atoms with Gasteiger partial charge in [-0.25, -0.2) is 0 Å². The van der Waals surface area contributed by atoms with Gasteiger partial charge in [-0.2, -0.15) is 4.80 Å². The third-order valence-corrected chi connectivity index (χ3v) is 4.30. The second-order valence-electron chi connectivity index (χ2n) is 5.32. The zero-order valence-corrected chi connectivity index (χ0v) is 13.5. The number of thiophene rings is 1. The molecule has 0 radical (unpaired) electrons. The zero-order valence-electron chi connectivity index (χ0n) is 12.7. The molecule has 0 unspecified atom stereocenters.